The average molecular weight is 329 g/mol. The molecule has 0 aromatic heterocycles. The molecule has 22 heavy (non-hydrogen) atoms. The Hall–Kier alpha value is -1.96. The summed E-state index contributed by atoms with van der Waals surface area (Å²) in [6.45, 7) is 0. The van der Waals surface area contributed by atoms with Gasteiger partial charge in [0, 0.05) is 0 Å². The predicted octanol–water partition coefficient (Wildman–Crippen LogP) is 0.892. The lowest BCUT2D eigenvalue weighted by Gasteiger charge is -2.19. The Morgan fingerprint density at radius 1 is 1.32 bits per heavy atom. The summed E-state index contributed by atoms with van der Waals surface area (Å²) in [6.07, 6.45) is -0.131. The molecule has 1 fully saturated rings. The third-order valence-corrected chi connectivity index (χ3v) is 5.34. The van der Waals surface area contributed by atoms with Crippen LogP contribution in [0.3, 0.4) is 0 Å². The molecular weight excluding hydrogens is 313 g/mol. The van der Waals surface area contributed by atoms with Gasteiger partial charge in [0.2, 0.25) is 5.91 Å². The first kappa shape index (κ1) is 16.4. The molecule has 120 valence electrons. The Morgan fingerprint density at radius 2 is 1.95 bits per heavy atom. The van der Waals surface area contributed by atoms with Crippen molar-refractivity contribution in [3.05, 3.63) is 35.6 Å². The second-order valence-electron chi connectivity index (χ2n) is 5.31. The molecule has 1 heterocycles. The van der Waals surface area contributed by atoms with Crippen LogP contribution in [0.5, 0.6) is 0 Å². The molecule has 1 aromatic rings. The van der Waals surface area contributed by atoms with Gasteiger partial charge < -0.3 is 10.4 Å². The molecule has 0 aliphatic carbocycles. The summed E-state index contributed by atoms with van der Waals surface area (Å²) in [5.41, 5.74) is 0.456. The normalized spacial score (nSPS) is 21.2. The Morgan fingerprint density at radius 3 is 2.45 bits per heavy atom. The van der Waals surface area contributed by atoms with Crippen LogP contribution in [0.1, 0.15) is 24.4 Å². The van der Waals surface area contributed by atoms with Gasteiger partial charge in [0.1, 0.15) is 5.82 Å². The van der Waals surface area contributed by atoms with Crippen molar-refractivity contribution >= 4 is 21.7 Å². The van der Waals surface area contributed by atoms with Crippen LogP contribution in [0.2, 0.25) is 0 Å². The lowest BCUT2D eigenvalue weighted by molar-refractivity contribution is -0.137. The maximum Gasteiger partial charge on any atom is 0.305 e. The van der Waals surface area contributed by atoms with Crippen molar-refractivity contribution in [1.29, 1.82) is 0 Å². The van der Waals surface area contributed by atoms with Crippen molar-refractivity contribution in [2.24, 2.45) is 5.92 Å². The lowest BCUT2D eigenvalue weighted by Crippen LogP contribution is -2.35. The zero-order valence-electron chi connectivity index (χ0n) is 11.7. The number of carboxylic acids is 1. The van der Waals surface area contributed by atoms with E-state index in [-0.39, 0.29) is 24.3 Å². The zero-order valence-corrected chi connectivity index (χ0v) is 12.5. The van der Waals surface area contributed by atoms with Gasteiger partial charge in [-0.25, -0.2) is 12.8 Å². The molecule has 1 saturated heterocycles. The highest BCUT2D eigenvalue weighted by molar-refractivity contribution is 7.91. The third kappa shape index (κ3) is 4.27. The molecule has 0 unspecified atom stereocenters. The first-order valence-corrected chi connectivity index (χ1v) is 8.57. The van der Waals surface area contributed by atoms with Crippen LogP contribution in [-0.4, -0.2) is 36.9 Å². The minimum atomic E-state index is -3.20. The van der Waals surface area contributed by atoms with Crippen molar-refractivity contribution in [2.45, 2.75) is 18.9 Å². The monoisotopic (exact) mass is 329 g/mol. The number of aliphatic carboxylic acids is 1. The lowest BCUT2D eigenvalue weighted by atomic mass is 10.0. The van der Waals surface area contributed by atoms with Crippen molar-refractivity contribution < 1.29 is 27.5 Å². The van der Waals surface area contributed by atoms with E-state index < -0.39 is 39.5 Å². The second-order valence-corrected chi connectivity index (χ2v) is 7.54. The van der Waals surface area contributed by atoms with Crippen molar-refractivity contribution in [1.82, 2.24) is 5.32 Å². The van der Waals surface area contributed by atoms with Crippen LogP contribution >= 0.6 is 0 Å². The fourth-order valence-corrected chi connectivity index (χ4v) is 4.15. The van der Waals surface area contributed by atoms with E-state index in [4.69, 9.17) is 5.11 Å². The van der Waals surface area contributed by atoms with Gasteiger partial charge in [-0.15, -0.1) is 0 Å². The summed E-state index contributed by atoms with van der Waals surface area (Å²) in [4.78, 5) is 23.1. The number of carboxylic acid groups (broad SMARTS) is 1. The number of hydrogen-bond acceptors (Lipinski definition) is 4. The van der Waals surface area contributed by atoms with E-state index in [0.717, 1.165) is 0 Å². The molecule has 0 saturated carbocycles. The fourth-order valence-electron chi connectivity index (χ4n) is 2.41. The van der Waals surface area contributed by atoms with Crippen LogP contribution in [0.4, 0.5) is 4.39 Å². The van der Waals surface area contributed by atoms with E-state index in [1.807, 2.05) is 0 Å². The summed E-state index contributed by atoms with van der Waals surface area (Å²) in [5, 5.41) is 11.5. The minimum absolute atomic E-state index is 0.0365. The number of carbonyl (C=O) groups excluding carboxylic acids is 1. The van der Waals surface area contributed by atoms with Gasteiger partial charge in [0.05, 0.1) is 29.9 Å². The number of hydrogen-bond donors (Lipinski definition) is 2. The number of rotatable bonds is 5. The Balaban J connectivity index is 2.11. The molecule has 2 atom stereocenters. The summed E-state index contributed by atoms with van der Waals surface area (Å²) in [5.74, 6) is -2.99. The van der Waals surface area contributed by atoms with Gasteiger partial charge in [-0.2, -0.15) is 0 Å². The van der Waals surface area contributed by atoms with Gasteiger partial charge in [-0.05, 0) is 24.1 Å². The molecule has 0 radical (unpaired) electrons. The third-order valence-electron chi connectivity index (χ3n) is 3.57. The molecule has 2 rings (SSSR count). The predicted molar refractivity (Wildman–Crippen MR) is 76.3 cm³/mol. The highest BCUT2D eigenvalue weighted by atomic mass is 32.2. The standard InChI is InChI=1S/C14H16FNO5S/c15-11-3-1-9(2-4-11)12(7-13(17)18)16-14(19)10-5-6-22(20,21)8-10/h1-4,10,12H,5-8H2,(H,16,19)(H,17,18)/t10-,12-/m0/s1. The van der Waals surface area contributed by atoms with E-state index in [1.54, 1.807) is 0 Å². The quantitative estimate of drug-likeness (QED) is 0.835. The number of nitrogens with one attached hydrogen (secondary N) is 1. The second kappa shape index (κ2) is 6.43. The van der Waals surface area contributed by atoms with E-state index in [9.17, 15) is 22.4 Å². The maximum absolute atomic E-state index is 12.9. The average Bonchev–Trinajstić information content (AvgIpc) is 2.79. The van der Waals surface area contributed by atoms with Gasteiger partial charge in [0.25, 0.3) is 0 Å². The van der Waals surface area contributed by atoms with Gasteiger partial charge in [-0.1, -0.05) is 12.1 Å². The number of amides is 1. The smallest absolute Gasteiger partial charge is 0.305 e. The zero-order chi connectivity index (χ0) is 16.3. The van der Waals surface area contributed by atoms with E-state index in [0.29, 0.717) is 5.56 Å². The molecule has 1 amide bonds. The first-order valence-electron chi connectivity index (χ1n) is 6.75. The van der Waals surface area contributed by atoms with Crippen LogP contribution in [0.15, 0.2) is 24.3 Å². The first-order chi connectivity index (χ1) is 10.3. The number of halogens is 1. The fraction of sp³-hybridized carbons (Fsp3) is 0.429. The number of carbonyl (C=O) groups is 2. The maximum atomic E-state index is 12.9. The number of sulfone groups is 1. The van der Waals surface area contributed by atoms with Gasteiger partial charge >= 0.3 is 5.97 Å². The van der Waals surface area contributed by atoms with Crippen molar-refractivity contribution in [2.75, 3.05) is 11.5 Å². The van der Waals surface area contributed by atoms with Crippen LogP contribution in [-0.2, 0) is 19.4 Å². The van der Waals surface area contributed by atoms with Gasteiger partial charge in [-0.3, -0.25) is 9.59 Å². The topological polar surface area (TPSA) is 101 Å². The minimum Gasteiger partial charge on any atom is -0.481 e. The number of benzene rings is 1. The van der Waals surface area contributed by atoms with Gasteiger partial charge in [0.15, 0.2) is 9.84 Å². The van der Waals surface area contributed by atoms with Crippen molar-refractivity contribution in [3.63, 3.8) is 0 Å². The molecule has 1 aliphatic rings. The van der Waals surface area contributed by atoms with Crippen LogP contribution in [0.25, 0.3) is 0 Å². The van der Waals surface area contributed by atoms with Crippen LogP contribution in [0, 0.1) is 11.7 Å². The molecule has 0 bridgehead atoms. The molecule has 6 nitrogen and oxygen atoms in total. The van der Waals surface area contributed by atoms with Crippen molar-refractivity contribution in [3.8, 4) is 0 Å². The Labute approximate surface area is 127 Å². The summed E-state index contributed by atoms with van der Waals surface area (Å²) >= 11 is 0. The highest BCUT2D eigenvalue weighted by Crippen LogP contribution is 2.22. The Kier molecular flexibility index (Phi) is 4.80. The SMILES string of the molecule is O=C(O)C[C@H](NC(=O)[C@H]1CCS(=O)(=O)C1)c1ccc(F)cc1. The van der Waals surface area contributed by atoms with Crippen LogP contribution < -0.4 is 5.32 Å². The molecule has 1 aliphatic heterocycles. The summed E-state index contributed by atoms with van der Waals surface area (Å²) < 4.78 is 35.7. The summed E-state index contributed by atoms with van der Waals surface area (Å²) in [7, 11) is -3.20. The molecule has 0 spiro atoms. The highest BCUT2D eigenvalue weighted by Gasteiger charge is 2.34. The van der Waals surface area contributed by atoms with E-state index in [2.05, 4.69) is 5.32 Å². The largest absolute Gasteiger partial charge is 0.481 e. The molecular formula is C14H16FNO5S. The molecule has 8 heteroatoms. The molecule has 2 N–H and O–H groups in total. The summed E-state index contributed by atoms with van der Waals surface area (Å²) in [6, 6.07) is 4.32. The van der Waals surface area contributed by atoms with E-state index in [1.165, 1.54) is 24.3 Å². The Bertz CT molecular complexity index is 671. The van der Waals surface area contributed by atoms with E-state index >= 15 is 0 Å². The molecule has 1 aromatic carbocycles.